The van der Waals surface area contributed by atoms with Crippen LogP contribution in [-0.4, -0.2) is 9.78 Å². The van der Waals surface area contributed by atoms with Gasteiger partial charge in [0.05, 0.1) is 21.8 Å². The summed E-state index contributed by atoms with van der Waals surface area (Å²) < 4.78 is 15.4. The van der Waals surface area contributed by atoms with E-state index >= 15 is 0 Å². The van der Waals surface area contributed by atoms with Crippen LogP contribution < -0.4 is 0 Å². The van der Waals surface area contributed by atoms with Gasteiger partial charge in [-0.05, 0) is 26.8 Å². The third-order valence-electron chi connectivity index (χ3n) is 2.56. The van der Waals surface area contributed by atoms with E-state index < -0.39 is 5.82 Å². The van der Waals surface area contributed by atoms with Crippen molar-refractivity contribution in [1.82, 2.24) is 9.78 Å². The molecule has 0 aliphatic rings. The van der Waals surface area contributed by atoms with Gasteiger partial charge in [-0.3, -0.25) is 4.68 Å². The quantitative estimate of drug-likeness (QED) is 0.709. The van der Waals surface area contributed by atoms with E-state index in [1.54, 1.807) is 6.07 Å². The molecule has 0 bridgehead atoms. The van der Waals surface area contributed by atoms with E-state index in [1.165, 1.54) is 6.07 Å². The molecule has 0 atom stereocenters. The van der Waals surface area contributed by atoms with Gasteiger partial charge in [0.2, 0.25) is 0 Å². The van der Waals surface area contributed by atoms with Crippen LogP contribution in [0, 0.1) is 5.82 Å². The number of alkyl halides is 1. The summed E-state index contributed by atoms with van der Waals surface area (Å²) in [5.74, 6) is -0.411. The molecule has 1 aromatic heterocycles. The second-order valence-electron chi connectivity index (χ2n) is 4.95. The molecule has 0 spiro atoms. The van der Waals surface area contributed by atoms with Crippen LogP contribution >= 0.6 is 27.5 Å². The van der Waals surface area contributed by atoms with E-state index in [4.69, 9.17) is 11.6 Å². The molecule has 0 radical (unpaired) electrons. The van der Waals surface area contributed by atoms with Gasteiger partial charge in [-0.15, -0.1) is 0 Å². The number of aromatic nitrogens is 2. The minimum Gasteiger partial charge on any atom is -0.259 e. The van der Waals surface area contributed by atoms with Gasteiger partial charge >= 0.3 is 0 Å². The second-order valence-corrected chi connectivity index (χ2v) is 5.91. The molecule has 1 aromatic carbocycles. The van der Waals surface area contributed by atoms with Crippen LogP contribution in [0.4, 0.5) is 4.39 Å². The van der Waals surface area contributed by atoms with Gasteiger partial charge in [0.1, 0.15) is 5.82 Å². The fourth-order valence-corrected chi connectivity index (χ4v) is 2.36. The zero-order valence-corrected chi connectivity index (χ0v) is 12.2. The van der Waals surface area contributed by atoms with E-state index in [0.29, 0.717) is 5.33 Å². The maximum Gasteiger partial charge on any atom is 0.143 e. The third-order valence-corrected chi connectivity index (χ3v) is 3.38. The number of benzene rings is 1. The molecule has 0 saturated heterocycles. The number of hydrogen-bond acceptors (Lipinski definition) is 1. The lowest BCUT2D eigenvalue weighted by Crippen LogP contribution is -2.23. The standard InChI is InChI=1S/C12H13BrClFN2/c1-12(2,3)17-11-5-9(15)8(14)4-7(11)10(6-13)16-17/h4-5H,6H2,1-3H3. The Hall–Kier alpha value is -0.610. The van der Waals surface area contributed by atoms with Crippen molar-refractivity contribution in [1.29, 1.82) is 0 Å². The van der Waals surface area contributed by atoms with Gasteiger partial charge in [-0.2, -0.15) is 5.10 Å². The molecule has 1 heterocycles. The Balaban J connectivity index is 2.83. The highest BCUT2D eigenvalue weighted by molar-refractivity contribution is 9.08. The van der Waals surface area contributed by atoms with Crippen molar-refractivity contribution >= 4 is 38.4 Å². The van der Waals surface area contributed by atoms with Crippen LogP contribution in [0.5, 0.6) is 0 Å². The SMILES string of the molecule is CC(C)(C)n1nc(CBr)c2cc(Cl)c(F)cc21. The van der Waals surface area contributed by atoms with Crippen LogP contribution in [0.25, 0.3) is 10.9 Å². The molecule has 0 aliphatic carbocycles. The van der Waals surface area contributed by atoms with Crippen LogP contribution in [0.3, 0.4) is 0 Å². The molecule has 0 saturated carbocycles. The molecular formula is C12H13BrClFN2. The Labute approximate surface area is 113 Å². The van der Waals surface area contributed by atoms with Crippen molar-refractivity contribution in [2.75, 3.05) is 0 Å². The predicted octanol–water partition coefficient (Wildman–Crippen LogP) is 4.48. The first-order valence-electron chi connectivity index (χ1n) is 5.27. The fraction of sp³-hybridized carbons (Fsp3) is 0.417. The van der Waals surface area contributed by atoms with E-state index in [1.807, 2.05) is 25.5 Å². The normalized spacial score (nSPS) is 12.4. The topological polar surface area (TPSA) is 17.8 Å². The van der Waals surface area contributed by atoms with Gasteiger partial charge in [-0.1, -0.05) is 27.5 Å². The molecular weight excluding hydrogens is 307 g/mol. The summed E-state index contributed by atoms with van der Waals surface area (Å²) in [4.78, 5) is 0. The van der Waals surface area contributed by atoms with Crippen molar-refractivity contribution < 1.29 is 4.39 Å². The van der Waals surface area contributed by atoms with Gasteiger partial charge in [0, 0.05) is 16.8 Å². The van der Waals surface area contributed by atoms with Gasteiger partial charge in [-0.25, -0.2) is 4.39 Å². The minimum atomic E-state index is -0.411. The second kappa shape index (κ2) is 4.25. The molecule has 0 unspecified atom stereocenters. The lowest BCUT2D eigenvalue weighted by molar-refractivity contribution is 0.366. The monoisotopic (exact) mass is 318 g/mol. The van der Waals surface area contributed by atoms with Gasteiger partial charge in [0.15, 0.2) is 0 Å². The largest absolute Gasteiger partial charge is 0.259 e. The van der Waals surface area contributed by atoms with Crippen LogP contribution in [0.2, 0.25) is 5.02 Å². The number of halogens is 3. The van der Waals surface area contributed by atoms with Crippen molar-refractivity contribution in [2.24, 2.45) is 0 Å². The minimum absolute atomic E-state index is 0.133. The molecule has 2 aromatic rings. The summed E-state index contributed by atoms with van der Waals surface area (Å²) in [5, 5.41) is 6.15. The molecule has 0 amide bonds. The van der Waals surface area contributed by atoms with E-state index in [2.05, 4.69) is 21.0 Å². The number of nitrogens with zero attached hydrogens (tertiary/aromatic N) is 2. The number of rotatable bonds is 1. The summed E-state index contributed by atoms with van der Waals surface area (Å²) >= 11 is 9.20. The molecule has 2 nitrogen and oxygen atoms in total. The molecule has 2 rings (SSSR count). The molecule has 0 N–H and O–H groups in total. The van der Waals surface area contributed by atoms with Crippen LogP contribution in [-0.2, 0) is 10.9 Å². The third kappa shape index (κ3) is 2.20. The smallest absolute Gasteiger partial charge is 0.143 e. The highest BCUT2D eigenvalue weighted by atomic mass is 79.9. The Bertz CT molecular complexity index is 572. The Morgan fingerprint density at radius 2 is 2.06 bits per heavy atom. The van der Waals surface area contributed by atoms with Gasteiger partial charge in [0.25, 0.3) is 0 Å². The Morgan fingerprint density at radius 1 is 1.41 bits per heavy atom. The van der Waals surface area contributed by atoms with Gasteiger partial charge < -0.3 is 0 Å². The first-order valence-corrected chi connectivity index (χ1v) is 6.77. The average Bonchev–Trinajstić information content (AvgIpc) is 2.56. The summed E-state index contributed by atoms with van der Waals surface area (Å²) in [6.07, 6.45) is 0. The fourth-order valence-electron chi connectivity index (χ4n) is 1.78. The first kappa shape index (κ1) is 12.8. The van der Waals surface area contributed by atoms with Crippen molar-refractivity contribution in [2.45, 2.75) is 31.6 Å². The number of fused-ring (bicyclic) bond motifs is 1. The maximum atomic E-state index is 13.5. The summed E-state index contributed by atoms with van der Waals surface area (Å²) in [7, 11) is 0. The highest BCUT2D eigenvalue weighted by Gasteiger charge is 2.21. The van der Waals surface area contributed by atoms with E-state index in [-0.39, 0.29) is 10.6 Å². The average molecular weight is 320 g/mol. The molecule has 17 heavy (non-hydrogen) atoms. The van der Waals surface area contributed by atoms with E-state index in [9.17, 15) is 4.39 Å². The first-order chi connectivity index (χ1) is 7.84. The zero-order chi connectivity index (χ0) is 12.8. The summed E-state index contributed by atoms with van der Waals surface area (Å²) in [6.45, 7) is 6.10. The zero-order valence-electron chi connectivity index (χ0n) is 9.89. The van der Waals surface area contributed by atoms with Crippen LogP contribution in [0.15, 0.2) is 12.1 Å². The molecule has 0 aliphatic heterocycles. The number of hydrogen-bond donors (Lipinski definition) is 0. The molecule has 0 fully saturated rings. The van der Waals surface area contributed by atoms with Crippen molar-refractivity contribution in [3.05, 3.63) is 28.7 Å². The predicted molar refractivity (Wildman–Crippen MR) is 72.3 cm³/mol. The lowest BCUT2D eigenvalue weighted by Gasteiger charge is -2.20. The Kier molecular flexibility index (Phi) is 3.21. The Morgan fingerprint density at radius 3 is 2.59 bits per heavy atom. The summed E-state index contributed by atoms with van der Waals surface area (Å²) in [5.41, 5.74) is 1.45. The highest BCUT2D eigenvalue weighted by Crippen LogP contribution is 2.30. The van der Waals surface area contributed by atoms with E-state index in [0.717, 1.165) is 16.6 Å². The molecule has 92 valence electrons. The van der Waals surface area contributed by atoms with Crippen molar-refractivity contribution in [3.8, 4) is 0 Å². The molecule has 5 heteroatoms. The van der Waals surface area contributed by atoms with Crippen molar-refractivity contribution in [3.63, 3.8) is 0 Å². The summed E-state index contributed by atoms with van der Waals surface area (Å²) in [6, 6.07) is 3.08. The maximum absolute atomic E-state index is 13.5. The van der Waals surface area contributed by atoms with Crippen LogP contribution in [0.1, 0.15) is 26.5 Å². The lowest BCUT2D eigenvalue weighted by atomic mass is 10.1.